The molecule has 1 aliphatic rings. The third kappa shape index (κ3) is 4.16. The van der Waals surface area contributed by atoms with E-state index < -0.39 is 0 Å². The predicted octanol–water partition coefficient (Wildman–Crippen LogP) is 3.96. The summed E-state index contributed by atoms with van der Waals surface area (Å²) in [5.41, 5.74) is 2.70. The molecule has 2 heterocycles. The highest BCUT2D eigenvalue weighted by Gasteiger charge is 2.28. The van der Waals surface area contributed by atoms with E-state index in [-0.39, 0.29) is 17.9 Å². The van der Waals surface area contributed by atoms with E-state index in [1.165, 1.54) is 0 Å². The highest BCUT2D eigenvalue weighted by molar-refractivity contribution is 6.31. The molecule has 144 valence electrons. The Labute approximate surface area is 164 Å². The Kier molecular flexibility index (Phi) is 5.85. The van der Waals surface area contributed by atoms with Crippen LogP contribution in [0.15, 0.2) is 18.2 Å². The summed E-state index contributed by atoms with van der Waals surface area (Å²) in [6.45, 7) is 6.57. The zero-order valence-electron chi connectivity index (χ0n) is 15.9. The van der Waals surface area contributed by atoms with Gasteiger partial charge in [0.25, 0.3) is 11.8 Å². The maximum absolute atomic E-state index is 12.8. The van der Waals surface area contributed by atoms with Crippen molar-refractivity contribution in [2.45, 2.75) is 59.0 Å². The van der Waals surface area contributed by atoms with Gasteiger partial charge in [0.1, 0.15) is 0 Å². The summed E-state index contributed by atoms with van der Waals surface area (Å²) in [7, 11) is 0. The molecule has 0 spiro atoms. The van der Waals surface area contributed by atoms with E-state index in [1.54, 1.807) is 12.1 Å². The van der Waals surface area contributed by atoms with Crippen LogP contribution in [0.25, 0.3) is 0 Å². The van der Waals surface area contributed by atoms with Crippen LogP contribution in [0.3, 0.4) is 0 Å². The zero-order valence-corrected chi connectivity index (χ0v) is 16.7. The number of hydrogen-bond acceptors (Lipinski definition) is 3. The minimum absolute atomic E-state index is 0.0565. The molecule has 0 fully saturated rings. The second kappa shape index (κ2) is 8.13. The number of benzene rings is 1. The van der Waals surface area contributed by atoms with Crippen LogP contribution in [-0.2, 0) is 13.0 Å². The fourth-order valence-corrected chi connectivity index (χ4v) is 3.33. The topological polar surface area (TPSA) is 76.0 Å². The van der Waals surface area contributed by atoms with Crippen molar-refractivity contribution < 1.29 is 9.59 Å². The Morgan fingerprint density at radius 1 is 1.30 bits per heavy atom. The molecule has 3 rings (SSSR count). The number of nitrogens with one attached hydrogen (secondary N) is 2. The number of fused-ring (bicyclic) bond motifs is 1. The maximum Gasteiger partial charge on any atom is 0.287 e. The van der Waals surface area contributed by atoms with Crippen molar-refractivity contribution >= 4 is 29.1 Å². The Morgan fingerprint density at radius 2 is 2.07 bits per heavy atom. The van der Waals surface area contributed by atoms with E-state index in [0.717, 1.165) is 36.9 Å². The number of nitrogens with zero attached hydrogens (tertiary/aromatic N) is 2. The Morgan fingerprint density at radius 3 is 2.78 bits per heavy atom. The van der Waals surface area contributed by atoms with Crippen LogP contribution in [0.4, 0.5) is 5.69 Å². The molecule has 0 saturated carbocycles. The van der Waals surface area contributed by atoms with Gasteiger partial charge in [-0.05, 0) is 57.2 Å². The largest absolute Gasteiger partial charge is 0.347 e. The first-order valence-electron chi connectivity index (χ1n) is 9.38. The molecule has 7 heteroatoms. The smallest absolute Gasteiger partial charge is 0.287 e. The van der Waals surface area contributed by atoms with Gasteiger partial charge in [-0.3, -0.25) is 9.59 Å². The predicted molar refractivity (Wildman–Crippen MR) is 107 cm³/mol. The molecule has 1 atom stereocenters. The Bertz CT molecular complexity index is 875. The van der Waals surface area contributed by atoms with Crippen LogP contribution in [0.1, 0.15) is 65.5 Å². The van der Waals surface area contributed by atoms with Crippen molar-refractivity contribution in [3.05, 3.63) is 46.0 Å². The summed E-state index contributed by atoms with van der Waals surface area (Å²) in [5, 5.41) is 6.38. The quantitative estimate of drug-likeness (QED) is 0.813. The maximum atomic E-state index is 12.8. The van der Waals surface area contributed by atoms with Gasteiger partial charge >= 0.3 is 0 Å². The molecule has 2 N–H and O–H groups in total. The summed E-state index contributed by atoms with van der Waals surface area (Å²) >= 11 is 6.14. The number of halogens is 1. The molecule has 0 bridgehead atoms. The average Bonchev–Trinajstić information content (AvgIpc) is 3.04. The number of aromatic nitrogens is 2. The van der Waals surface area contributed by atoms with Crippen molar-refractivity contribution in [1.82, 2.24) is 14.9 Å². The molecule has 0 saturated heterocycles. The number of carbonyl (C=O) groups excluding carboxylic acids is 2. The summed E-state index contributed by atoms with van der Waals surface area (Å²) in [6, 6.07) is 5.43. The number of amides is 2. The molecule has 1 aromatic heterocycles. The van der Waals surface area contributed by atoms with Gasteiger partial charge < -0.3 is 15.2 Å². The SMILES string of the molecule is CCC(C)NC(=O)c1nc(C(=O)Nc2ccc(C)c(Cl)c2)c2n1CCCC2. The first kappa shape index (κ1) is 19.4. The molecule has 1 aliphatic heterocycles. The summed E-state index contributed by atoms with van der Waals surface area (Å²) in [6.07, 6.45) is 3.53. The summed E-state index contributed by atoms with van der Waals surface area (Å²) in [4.78, 5) is 29.9. The number of aryl methyl sites for hydroxylation is 1. The molecule has 0 radical (unpaired) electrons. The summed E-state index contributed by atoms with van der Waals surface area (Å²) < 4.78 is 1.89. The lowest BCUT2D eigenvalue weighted by atomic mass is 10.1. The molecule has 2 aromatic rings. The summed E-state index contributed by atoms with van der Waals surface area (Å²) in [5.74, 6) is -0.231. The van der Waals surface area contributed by atoms with Crippen molar-refractivity contribution in [3.8, 4) is 0 Å². The monoisotopic (exact) mass is 388 g/mol. The number of hydrogen-bond donors (Lipinski definition) is 2. The van der Waals surface area contributed by atoms with Gasteiger partial charge in [-0.2, -0.15) is 0 Å². The van der Waals surface area contributed by atoms with E-state index in [4.69, 9.17) is 11.6 Å². The van der Waals surface area contributed by atoms with Gasteiger partial charge in [-0.25, -0.2) is 4.98 Å². The van der Waals surface area contributed by atoms with E-state index in [1.807, 2.05) is 31.4 Å². The van der Waals surface area contributed by atoms with Gasteiger partial charge in [-0.15, -0.1) is 0 Å². The molecule has 0 aliphatic carbocycles. The Balaban J connectivity index is 1.89. The first-order chi connectivity index (χ1) is 12.9. The lowest BCUT2D eigenvalue weighted by Gasteiger charge is -2.18. The number of anilines is 1. The molecule has 27 heavy (non-hydrogen) atoms. The molecule has 1 aromatic carbocycles. The fourth-order valence-electron chi connectivity index (χ4n) is 3.15. The lowest BCUT2D eigenvalue weighted by molar-refractivity contribution is 0.0923. The fraction of sp³-hybridized carbons (Fsp3) is 0.450. The van der Waals surface area contributed by atoms with Crippen LogP contribution in [-0.4, -0.2) is 27.4 Å². The number of imidazole rings is 1. The van der Waals surface area contributed by atoms with Gasteiger partial charge in [0.2, 0.25) is 0 Å². The van der Waals surface area contributed by atoms with Crippen molar-refractivity contribution in [1.29, 1.82) is 0 Å². The van der Waals surface area contributed by atoms with E-state index in [2.05, 4.69) is 15.6 Å². The molecule has 2 amide bonds. The van der Waals surface area contributed by atoms with E-state index in [0.29, 0.717) is 28.8 Å². The van der Waals surface area contributed by atoms with Crippen molar-refractivity contribution in [3.63, 3.8) is 0 Å². The Hall–Kier alpha value is -2.34. The first-order valence-corrected chi connectivity index (χ1v) is 9.76. The lowest BCUT2D eigenvalue weighted by Crippen LogP contribution is -2.34. The van der Waals surface area contributed by atoms with Gasteiger partial charge in [0.05, 0.1) is 5.69 Å². The third-order valence-corrected chi connectivity index (χ3v) is 5.36. The van der Waals surface area contributed by atoms with Crippen LogP contribution < -0.4 is 10.6 Å². The van der Waals surface area contributed by atoms with Crippen LogP contribution in [0, 0.1) is 6.92 Å². The second-order valence-electron chi connectivity index (χ2n) is 7.04. The molecular formula is C20H25ClN4O2. The van der Waals surface area contributed by atoms with Gasteiger partial charge in [0, 0.05) is 23.3 Å². The second-order valence-corrected chi connectivity index (χ2v) is 7.45. The van der Waals surface area contributed by atoms with Crippen LogP contribution in [0.5, 0.6) is 0 Å². The van der Waals surface area contributed by atoms with Crippen LogP contribution >= 0.6 is 11.6 Å². The number of rotatable bonds is 5. The molecule has 6 nitrogen and oxygen atoms in total. The highest BCUT2D eigenvalue weighted by Crippen LogP contribution is 2.24. The normalized spacial score (nSPS) is 14.4. The van der Waals surface area contributed by atoms with E-state index >= 15 is 0 Å². The average molecular weight is 389 g/mol. The van der Waals surface area contributed by atoms with E-state index in [9.17, 15) is 9.59 Å². The molecular weight excluding hydrogens is 364 g/mol. The van der Waals surface area contributed by atoms with Crippen molar-refractivity contribution in [2.75, 3.05) is 5.32 Å². The molecule has 1 unspecified atom stereocenters. The zero-order chi connectivity index (χ0) is 19.6. The van der Waals surface area contributed by atoms with Gasteiger partial charge in [0.15, 0.2) is 11.5 Å². The van der Waals surface area contributed by atoms with Crippen LogP contribution in [0.2, 0.25) is 5.02 Å². The van der Waals surface area contributed by atoms with Crippen molar-refractivity contribution in [2.24, 2.45) is 0 Å². The minimum Gasteiger partial charge on any atom is -0.347 e. The third-order valence-electron chi connectivity index (χ3n) is 4.96. The highest BCUT2D eigenvalue weighted by atomic mass is 35.5. The standard InChI is InChI=1S/C20H25ClN4O2/c1-4-13(3)22-20(27)18-24-17(16-7-5-6-10-25(16)18)19(26)23-14-9-8-12(2)15(21)11-14/h8-9,11,13H,4-7,10H2,1-3H3,(H,22,27)(H,23,26). The van der Waals surface area contributed by atoms with Gasteiger partial charge in [-0.1, -0.05) is 24.6 Å². The minimum atomic E-state index is -0.317. The number of carbonyl (C=O) groups is 2.